The number of hydrogen-bond acceptors (Lipinski definition) is 7. The molecule has 9 nitrogen and oxygen atoms in total. The smallest absolute Gasteiger partial charge is 0.410 e. The molecule has 2 fully saturated rings. The zero-order valence-electron chi connectivity index (χ0n) is 19.3. The maximum absolute atomic E-state index is 12.6. The van der Waals surface area contributed by atoms with Gasteiger partial charge in [0.25, 0.3) is 0 Å². The van der Waals surface area contributed by atoms with E-state index in [0.29, 0.717) is 36.5 Å². The van der Waals surface area contributed by atoms with Gasteiger partial charge in [-0.3, -0.25) is 4.57 Å². The van der Waals surface area contributed by atoms with Crippen LogP contribution in [-0.2, 0) is 4.74 Å². The SMILES string of the molecule is CC1CN(C(=O)OC(C)(C)C)CCN1c1ncnc2c1c(C1CC1)cn2-c1cc(Cl)ncn1. The van der Waals surface area contributed by atoms with Crippen molar-refractivity contribution in [2.45, 2.75) is 58.1 Å². The molecule has 33 heavy (non-hydrogen) atoms. The minimum absolute atomic E-state index is 0.0771. The van der Waals surface area contributed by atoms with Gasteiger partial charge in [-0.05, 0) is 52.0 Å². The monoisotopic (exact) mass is 469 g/mol. The Labute approximate surface area is 197 Å². The van der Waals surface area contributed by atoms with E-state index in [1.54, 1.807) is 17.3 Å². The number of anilines is 1. The summed E-state index contributed by atoms with van der Waals surface area (Å²) in [5.41, 5.74) is 1.53. The van der Waals surface area contributed by atoms with E-state index in [2.05, 4.69) is 33.0 Å². The number of carbonyl (C=O) groups excluding carboxylic acids is 1. The molecule has 1 atom stereocenters. The summed E-state index contributed by atoms with van der Waals surface area (Å²) in [6.07, 6.45) is 7.20. The molecule has 1 aliphatic heterocycles. The molecule has 10 heteroatoms. The summed E-state index contributed by atoms with van der Waals surface area (Å²) in [5.74, 6) is 2.07. The normalized spacial score (nSPS) is 19.2. The summed E-state index contributed by atoms with van der Waals surface area (Å²) in [6.45, 7) is 9.59. The summed E-state index contributed by atoms with van der Waals surface area (Å²) in [7, 11) is 0. The van der Waals surface area contributed by atoms with Crippen molar-refractivity contribution in [2.24, 2.45) is 0 Å². The minimum atomic E-state index is -0.512. The number of hydrogen-bond donors (Lipinski definition) is 0. The lowest BCUT2D eigenvalue weighted by Gasteiger charge is -2.41. The standard InChI is InChI=1S/C23H28ClN7O2/c1-14-10-29(22(32)33-23(2,3)4)7-8-30(14)20-19-16(15-5-6-15)11-31(21(19)28-13-27-20)18-9-17(24)25-12-26-18/h9,11-15H,5-8,10H2,1-4H3. The molecule has 2 aliphatic rings. The van der Waals surface area contributed by atoms with Crippen LogP contribution < -0.4 is 4.90 Å². The average Bonchev–Trinajstić information content (AvgIpc) is 3.52. The van der Waals surface area contributed by atoms with Crippen molar-refractivity contribution in [2.75, 3.05) is 24.5 Å². The van der Waals surface area contributed by atoms with Gasteiger partial charge < -0.3 is 14.5 Å². The average molecular weight is 470 g/mol. The van der Waals surface area contributed by atoms with Crippen LogP contribution in [0.4, 0.5) is 10.6 Å². The van der Waals surface area contributed by atoms with Crippen molar-refractivity contribution in [1.82, 2.24) is 29.4 Å². The minimum Gasteiger partial charge on any atom is -0.444 e. The molecule has 3 aromatic rings. The van der Waals surface area contributed by atoms with Gasteiger partial charge in [-0.25, -0.2) is 24.7 Å². The first-order chi connectivity index (χ1) is 15.7. The first-order valence-electron chi connectivity index (χ1n) is 11.3. The summed E-state index contributed by atoms with van der Waals surface area (Å²) in [4.78, 5) is 34.4. The van der Waals surface area contributed by atoms with Gasteiger partial charge in [-0.1, -0.05) is 11.6 Å². The van der Waals surface area contributed by atoms with Gasteiger partial charge in [0.2, 0.25) is 0 Å². The van der Waals surface area contributed by atoms with Gasteiger partial charge in [-0.15, -0.1) is 0 Å². The zero-order valence-corrected chi connectivity index (χ0v) is 20.1. The quantitative estimate of drug-likeness (QED) is 0.531. The van der Waals surface area contributed by atoms with Crippen LogP contribution in [0.2, 0.25) is 5.15 Å². The first kappa shape index (κ1) is 21.9. The van der Waals surface area contributed by atoms with Crippen LogP contribution in [0, 0.1) is 0 Å². The maximum atomic E-state index is 12.6. The molecule has 1 saturated heterocycles. The molecule has 0 radical (unpaired) electrons. The Kier molecular flexibility index (Phi) is 5.39. The van der Waals surface area contributed by atoms with E-state index in [4.69, 9.17) is 21.3 Å². The lowest BCUT2D eigenvalue weighted by Crippen LogP contribution is -2.54. The maximum Gasteiger partial charge on any atom is 0.410 e. The van der Waals surface area contributed by atoms with Gasteiger partial charge in [0.15, 0.2) is 5.65 Å². The molecule has 5 rings (SSSR count). The molecule has 0 spiro atoms. The number of fused-ring (bicyclic) bond motifs is 1. The number of carbonyl (C=O) groups is 1. The van der Waals surface area contributed by atoms with E-state index >= 15 is 0 Å². The Morgan fingerprint density at radius 2 is 1.88 bits per heavy atom. The molecular formula is C23H28ClN7O2. The van der Waals surface area contributed by atoms with Gasteiger partial charge in [0.1, 0.15) is 35.0 Å². The van der Waals surface area contributed by atoms with Crippen LogP contribution in [-0.4, -0.2) is 66.8 Å². The third-order valence-electron chi connectivity index (χ3n) is 6.03. The molecule has 1 aliphatic carbocycles. The third-order valence-corrected chi connectivity index (χ3v) is 6.23. The van der Waals surface area contributed by atoms with Crippen LogP contribution in [0.1, 0.15) is 52.0 Å². The van der Waals surface area contributed by atoms with E-state index in [-0.39, 0.29) is 12.1 Å². The van der Waals surface area contributed by atoms with Gasteiger partial charge in [0, 0.05) is 37.9 Å². The largest absolute Gasteiger partial charge is 0.444 e. The van der Waals surface area contributed by atoms with Crippen LogP contribution in [0.25, 0.3) is 16.9 Å². The molecule has 1 saturated carbocycles. The third kappa shape index (κ3) is 4.34. The fraction of sp³-hybridized carbons (Fsp3) is 0.522. The number of aromatic nitrogens is 5. The predicted molar refractivity (Wildman–Crippen MR) is 126 cm³/mol. The van der Waals surface area contributed by atoms with Gasteiger partial charge >= 0.3 is 6.09 Å². The highest BCUT2D eigenvalue weighted by Crippen LogP contribution is 2.46. The molecule has 1 unspecified atom stereocenters. The highest BCUT2D eigenvalue weighted by atomic mass is 35.5. The summed E-state index contributed by atoms with van der Waals surface area (Å²) in [5, 5.41) is 1.43. The van der Waals surface area contributed by atoms with E-state index in [1.165, 1.54) is 11.9 Å². The predicted octanol–water partition coefficient (Wildman–Crippen LogP) is 4.19. The molecule has 4 heterocycles. The second-order valence-electron chi connectivity index (χ2n) is 9.79. The number of nitrogens with zero attached hydrogens (tertiary/aromatic N) is 7. The topological polar surface area (TPSA) is 89.3 Å². The number of ether oxygens (including phenoxy) is 1. The van der Waals surface area contributed by atoms with E-state index in [9.17, 15) is 4.79 Å². The molecule has 0 bridgehead atoms. The summed E-state index contributed by atoms with van der Waals surface area (Å²) < 4.78 is 7.55. The molecule has 0 aromatic carbocycles. The van der Waals surface area contributed by atoms with Gasteiger partial charge in [-0.2, -0.15) is 0 Å². The van der Waals surface area contributed by atoms with E-state index in [0.717, 1.165) is 29.7 Å². The fourth-order valence-corrected chi connectivity index (χ4v) is 4.53. The first-order valence-corrected chi connectivity index (χ1v) is 11.7. The van der Waals surface area contributed by atoms with Crippen molar-refractivity contribution in [3.63, 3.8) is 0 Å². The highest BCUT2D eigenvalue weighted by molar-refractivity contribution is 6.29. The molecule has 0 N–H and O–H groups in total. The number of halogens is 1. The zero-order chi connectivity index (χ0) is 23.3. The summed E-state index contributed by atoms with van der Waals surface area (Å²) in [6, 6.07) is 1.81. The van der Waals surface area contributed by atoms with Gasteiger partial charge in [0.05, 0.1) is 5.39 Å². The second kappa shape index (κ2) is 8.13. The Morgan fingerprint density at radius 1 is 1.12 bits per heavy atom. The molecule has 3 aromatic heterocycles. The lowest BCUT2D eigenvalue weighted by molar-refractivity contribution is 0.0218. The fourth-order valence-electron chi connectivity index (χ4n) is 4.39. The van der Waals surface area contributed by atoms with Crippen molar-refractivity contribution in [3.8, 4) is 5.82 Å². The molecule has 174 valence electrons. The Bertz CT molecular complexity index is 1200. The van der Waals surface area contributed by atoms with E-state index < -0.39 is 5.60 Å². The van der Waals surface area contributed by atoms with E-state index in [1.807, 2.05) is 25.3 Å². The Morgan fingerprint density at radius 3 is 2.55 bits per heavy atom. The summed E-state index contributed by atoms with van der Waals surface area (Å²) >= 11 is 6.13. The Balaban J connectivity index is 1.50. The van der Waals surface area contributed by atoms with Crippen LogP contribution in [0.5, 0.6) is 0 Å². The van der Waals surface area contributed by atoms with Crippen LogP contribution in [0.15, 0.2) is 24.9 Å². The lowest BCUT2D eigenvalue weighted by atomic mass is 10.1. The number of piperazine rings is 1. The Hall–Kier alpha value is -2.94. The van der Waals surface area contributed by atoms with Crippen LogP contribution >= 0.6 is 11.6 Å². The molecule has 1 amide bonds. The van der Waals surface area contributed by atoms with Crippen molar-refractivity contribution >= 4 is 34.5 Å². The highest BCUT2D eigenvalue weighted by Gasteiger charge is 2.34. The van der Waals surface area contributed by atoms with Crippen molar-refractivity contribution < 1.29 is 9.53 Å². The number of rotatable bonds is 3. The number of amides is 1. The van der Waals surface area contributed by atoms with Crippen LogP contribution in [0.3, 0.4) is 0 Å². The van der Waals surface area contributed by atoms with Crippen molar-refractivity contribution in [3.05, 3.63) is 35.6 Å². The van der Waals surface area contributed by atoms with Crippen molar-refractivity contribution in [1.29, 1.82) is 0 Å². The molecular weight excluding hydrogens is 442 g/mol. The second-order valence-corrected chi connectivity index (χ2v) is 10.2.